The first kappa shape index (κ1) is 11.5. The van der Waals surface area contributed by atoms with Gasteiger partial charge in [-0.1, -0.05) is 22.9 Å². The number of aryl methyl sites for hydroxylation is 1. The summed E-state index contributed by atoms with van der Waals surface area (Å²) in [5, 5.41) is 14.1. The highest BCUT2D eigenvalue weighted by Gasteiger charge is 2.17. The SMILES string of the molecule is CC(CO)c1c2cc(Br)cc(F)c2nn1C. The molecular weight excluding hydrogens is 275 g/mol. The van der Waals surface area contributed by atoms with Crippen LogP contribution in [0.25, 0.3) is 10.9 Å². The molecule has 0 amide bonds. The van der Waals surface area contributed by atoms with Crippen LogP contribution >= 0.6 is 15.9 Å². The maximum atomic E-state index is 13.6. The van der Waals surface area contributed by atoms with E-state index in [9.17, 15) is 9.50 Å². The summed E-state index contributed by atoms with van der Waals surface area (Å²) in [5.74, 6) is -0.417. The Bertz CT molecular complexity index is 538. The average Bonchev–Trinajstić information content (AvgIpc) is 2.54. The summed E-state index contributed by atoms with van der Waals surface area (Å²) in [5.41, 5.74) is 1.19. The number of benzene rings is 1. The van der Waals surface area contributed by atoms with Gasteiger partial charge in [0.15, 0.2) is 5.82 Å². The molecule has 0 saturated carbocycles. The molecule has 2 aromatic rings. The first-order valence-corrected chi connectivity index (χ1v) is 5.76. The summed E-state index contributed by atoms with van der Waals surface area (Å²) in [6, 6.07) is 3.22. The zero-order valence-corrected chi connectivity index (χ0v) is 10.6. The van der Waals surface area contributed by atoms with Crippen LogP contribution in [0.4, 0.5) is 4.39 Å². The second-order valence-corrected chi connectivity index (χ2v) is 4.79. The zero-order valence-electron chi connectivity index (χ0n) is 9.04. The van der Waals surface area contributed by atoms with Crippen molar-refractivity contribution in [3.63, 3.8) is 0 Å². The summed E-state index contributed by atoms with van der Waals surface area (Å²) in [7, 11) is 1.76. The number of aliphatic hydroxyl groups excluding tert-OH is 1. The molecule has 0 fully saturated rings. The van der Waals surface area contributed by atoms with Gasteiger partial charge in [-0.05, 0) is 12.1 Å². The van der Waals surface area contributed by atoms with E-state index in [4.69, 9.17) is 0 Å². The fourth-order valence-electron chi connectivity index (χ4n) is 1.91. The maximum Gasteiger partial charge on any atom is 0.152 e. The Kier molecular flexibility index (Phi) is 2.99. The van der Waals surface area contributed by atoms with E-state index in [-0.39, 0.29) is 18.3 Å². The minimum absolute atomic E-state index is 0.0166. The Hall–Kier alpha value is -0.940. The smallest absolute Gasteiger partial charge is 0.152 e. The van der Waals surface area contributed by atoms with Crippen LogP contribution in [-0.4, -0.2) is 21.5 Å². The molecule has 0 aliphatic rings. The van der Waals surface area contributed by atoms with Crippen LogP contribution in [0.2, 0.25) is 0 Å². The van der Waals surface area contributed by atoms with Crippen molar-refractivity contribution in [3.05, 3.63) is 28.1 Å². The molecule has 1 atom stereocenters. The molecule has 86 valence electrons. The molecule has 5 heteroatoms. The second-order valence-electron chi connectivity index (χ2n) is 3.88. The molecule has 2 rings (SSSR count). The van der Waals surface area contributed by atoms with Gasteiger partial charge in [-0.3, -0.25) is 4.68 Å². The summed E-state index contributed by atoms with van der Waals surface area (Å²) in [6.45, 7) is 1.90. The van der Waals surface area contributed by atoms with E-state index in [2.05, 4.69) is 21.0 Å². The summed E-state index contributed by atoms with van der Waals surface area (Å²) in [4.78, 5) is 0. The van der Waals surface area contributed by atoms with Crippen molar-refractivity contribution in [1.29, 1.82) is 0 Å². The van der Waals surface area contributed by atoms with Crippen LogP contribution in [0, 0.1) is 5.82 Å². The molecule has 0 radical (unpaired) electrons. The normalized spacial score (nSPS) is 13.3. The molecule has 16 heavy (non-hydrogen) atoms. The monoisotopic (exact) mass is 286 g/mol. The average molecular weight is 287 g/mol. The lowest BCUT2D eigenvalue weighted by atomic mass is 10.0. The van der Waals surface area contributed by atoms with Gasteiger partial charge in [-0.2, -0.15) is 5.10 Å². The lowest BCUT2D eigenvalue weighted by molar-refractivity contribution is 0.269. The van der Waals surface area contributed by atoms with Crippen LogP contribution in [0.15, 0.2) is 16.6 Å². The van der Waals surface area contributed by atoms with Gasteiger partial charge in [0.05, 0.1) is 12.3 Å². The molecule has 1 aromatic carbocycles. The molecule has 1 aromatic heterocycles. The van der Waals surface area contributed by atoms with Crippen molar-refractivity contribution in [1.82, 2.24) is 9.78 Å². The molecule has 0 aliphatic carbocycles. The molecule has 1 unspecified atom stereocenters. The van der Waals surface area contributed by atoms with E-state index >= 15 is 0 Å². The molecule has 0 spiro atoms. The first-order valence-electron chi connectivity index (χ1n) is 4.97. The number of hydrogen-bond donors (Lipinski definition) is 1. The van der Waals surface area contributed by atoms with Crippen LogP contribution < -0.4 is 0 Å². The maximum absolute atomic E-state index is 13.6. The third-order valence-corrected chi connectivity index (χ3v) is 3.10. The van der Waals surface area contributed by atoms with Crippen LogP contribution in [-0.2, 0) is 7.05 Å². The predicted octanol–water partition coefficient (Wildman–Crippen LogP) is 2.57. The summed E-state index contributed by atoms with van der Waals surface area (Å²) < 4.78 is 15.9. The van der Waals surface area contributed by atoms with Gasteiger partial charge < -0.3 is 5.11 Å². The van der Waals surface area contributed by atoms with Crippen molar-refractivity contribution in [2.24, 2.45) is 7.05 Å². The number of rotatable bonds is 2. The largest absolute Gasteiger partial charge is 0.396 e. The number of aliphatic hydroxyl groups is 1. The number of fused-ring (bicyclic) bond motifs is 1. The van der Waals surface area contributed by atoms with Crippen molar-refractivity contribution in [2.75, 3.05) is 6.61 Å². The first-order chi connectivity index (χ1) is 7.54. The minimum Gasteiger partial charge on any atom is -0.396 e. The number of aromatic nitrogens is 2. The van der Waals surface area contributed by atoms with Gasteiger partial charge in [0.1, 0.15) is 5.52 Å². The van der Waals surface area contributed by atoms with Crippen LogP contribution in [0.5, 0.6) is 0 Å². The van der Waals surface area contributed by atoms with Gasteiger partial charge in [0, 0.05) is 22.8 Å². The van der Waals surface area contributed by atoms with Gasteiger partial charge in [-0.25, -0.2) is 4.39 Å². The highest BCUT2D eigenvalue weighted by Crippen LogP contribution is 2.29. The lowest BCUT2D eigenvalue weighted by Gasteiger charge is -2.08. The Morgan fingerprint density at radius 1 is 1.56 bits per heavy atom. The zero-order chi connectivity index (χ0) is 11.9. The van der Waals surface area contributed by atoms with Crippen LogP contribution in [0.1, 0.15) is 18.5 Å². The summed E-state index contributed by atoms with van der Waals surface area (Å²) in [6.07, 6.45) is 0. The van der Waals surface area contributed by atoms with Crippen LogP contribution in [0.3, 0.4) is 0 Å². The summed E-state index contributed by atoms with van der Waals surface area (Å²) >= 11 is 3.26. The van der Waals surface area contributed by atoms with E-state index in [1.807, 2.05) is 13.0 Å². The molecule has 1 heterocycles. The minimum atomic E-state index is -0.351. The van der Waals surface area contributed by atoms with Crippen molar-refractivity contribution < 1.29 is 9.50 Å². The van der Waals surface area contributed by atoms with Crippen molar-refractivity contribution in [2.45, 2.75) is 12.8 Å². The molecular formula is C11H12BrFN2O. The highest BCUT2D eigenvalue weighted by atomic mass is 79.9. The van der Waals surface area contributed by atoms with Gasteiger partial charge in [0.2, 0.25) is 0 Å². The molecule has 1 N–H and O–H groups in total. The van der Waals surface area contributed by atoms with Crippen molar-refractivity contribution in [3.8, 4) is 0 Å². The predicted molar refractivity (Wildman–Crippen MR) is 63.9 cm³/mol. The lowest BCUT2D eigenvalue weighted by Crippen LogP contribution is -2.06. The quantitative estimate of drug-likeness (QED) is 0.922. The molecule has 0 aliphatic heterocycles. The topological polar surface area (TPSA) is 38.1 Å². The Balaban J connectivity index is 2.78. The third-order valence-electron chi connectivity index (χ3n) is 2.64. The van der Waals surface area contributed by atoms with Gasteiger partial charge >= 0.3 is 0 Å². The van der Waals surface area contributed by atoms with E-state index < -0.39 is 0 Å². The number of halogens is 2. The van der Waals surface area contributed by atoms with Gasteiger partial charge in [-0.15, -0.1) is 0 Å². The standard InChI is InChI=1S/C11H12BrFN2O/c1-6(5-16)11-8-3-7(12)4-9(13)10(8)14-15(11)2/h3-4,6,16H,5H2,1-2H3. The van der Waals surface area contributed by atoms with Crippen molar-refractivity contribution >= 4 is 26.8 Å². The Morgan fingerprint density at radius 2 is 2.25 bits per heavy atom. The number of nitrogens with zero attached hydrogens (tertiary/aromatic N) is 2. The second kappa shape index (κ2) is 4.14. The molecule has 0 bridgehead atoms. The Morgan fingerprint density at radius 3 is 2.88 bits per heavy atom. The van der Waals surface area contributed by atoms with Gasteiger partial charge in [0.25, 0.3) is 0 Å². The van der Waals surface area contributed by atoms with E-state index in [0.29, 0.717) is 9.99 Å². The number of hydrogen-bond acceptors (Lipinski definition) is 2. The van der Waals surface area contributed by atoms with E-state index in [0.717, 1.165) is 11.1 Å². The van der Waals surface area contributed by atoms with E-state index in [1.165, 1.54) is 6.07 Å². The molecule has 3 nitrogen and oxygen atoms in total. The third kappa shape index (κ3) is 1.74. The highest BCUT2D eigenvalue weighted by molar-refractivity contribution is 9.10. The molecule has 0 saturated heterocycles. The van der Waals surface area contributed by atoms with E-state index in [1.54, 1.807) is 11.7 Å². The Labute approximate surface area is 101 Å². The fraction of sp³-hybridized carbons (Fsp3) is 0.364. The fourth-order valence-corrected chi connectivity index (χ4v) is 2.34.